The van der Waals surface area contributed by atoms with E-state index in [9.17, 15) is 0 Å². The minimum absolute atomic E-state index is 0.410. The molecule has 0 aliphatic heterocycles. The van der Waals surface area contributed by atoms with Crippen LogP contribution in [0, 0.1) is 11.8 Å². The van der Waals surface area contributed by atoms with Gasteiger partial charge in [0.05, 0.1) is 0 Å². The van der Waals surface area contributed by atoms with Gasteiger partial charge in [-0.05, 0) is 25.2 Å². The number of rotatable bonds is 3. The highest BCUT2D eigenvalue weighted by atomic mass is 14.6. The van der Waals surface area contributed by atoms with Crippen molar-refractivity contribution >= 4 is 0 Å². The van der Waals surface area contributed by atoms with E-state index >= 15 is 0 Å². The first-order chi connectivity index (χ1) is 5.72. The first-order valence-corrected chi connectivity index (χ1v) is 5.48. The maximum absolute atomic E-state index is 5.79. The Balaban J connectivity index is 2.17. The predicted molar refractivity (Wildman–Crippen MR) is 54.0 cm³/mol. The average molecular weight is 169 g/mol. The van der Waals surface area contributed by atoms with Gasteiger partial charge in [-0.25, -0.2) is 0 Å². The van der Waals surface area contributed by atoms with Gasteiger partial charge in [0.2, 0.25) is 0 Å². The van der Waals surface area contributed by atoms with Crippen molar-refractivity contribution in [2.24, 2.45) is 17.6 Å². The van der Waals surface area contributed by atoms with Crippen LogP contribution in [0.4, 0.5) is 0 Å². The summed E-state index contributed by atoms with van der Waals surface area (Å²) in [7, 11) is 0. The Labute approximate surface area is 76.7 Å². The minimum Gasteiger partial charge on any atom is -0.328 e. The third-order valence-corrected chi connectivity index (χ3v) is 3.25. The highest BCUT2D eigenvalue weighted by Gasteiger charge is 2.20. The Kier molecular flexibility index (Phi) is 4.07. The Hall–Kier alpha value is -0.0400. The van der Waals surface area contributed by atoms with Crippen LogP contribution in [0.1, 0.15) is 52.4 Å². The lowest BCUT2D eigenvalue weighted by molar-refractivity contribution is 0.250. The van der Waals surface area contributed by atoms with E-state index in [0.717, 1.165) is 11.8 Å². The Morgan fingerprint density at radius 3 is 2.08 bits per heavy atom. The van der Waals surface area contributed by atoms with E-state index in [0.29, 0.717) is 6.04 Å². The maximum Gasteiger partial charge on any atom is 0.00131 e. The van der Waals surface area contributed by atoms with Crippen LogP contribution in [0.2, 0.25) is 0 Å². The second kappa shape index (κ2) is 4.86. The molecule has 1 rings (SSSR count). The highest BCUT2D eigenvalue weighted by Crippen LogP contribution is 2.32. The van der Waals surface area contributed by atoms with E-state index in [1.807, 2.05) is 0 Å². The summed E-state index contributed by atoms with van der Waals surface area (Å²) in [6.07, 6.45) is 8.39. The summed E-state index contributed by atoms with van der Waals surface area (Å²) in [5, 5.41) is 0. The van der Waals surface area contributed by atoms with Gasteiger partial charge in [-0.15, -0.1) is 0 Å². The molecule has 0 aromatic carbocycles. The largest absolute Gasteiger partial charge is 0.328 e. The summed E-state index contributed by atoms with van der Waals surface area (Å²) in [6, 6.07) is 0.410. The molecular weight excluding hydrogens is 146 g/mol. The maximum atomic E-state index is 5.79. The highest BCUT2D eigenvalue weighted by molar-refractivity contribution is 4.73. The molecule has 0 amide bonds. The molecule has 1 fully saturated rings. The number of nitrogens with two attached hydrogens (primary N) is 1. The van der Waals surface area contributed by atoms with Crippen molar-refractivity contribution in [3.05, 3.63) is 0 Å². The van der Waals surface area contributed by atoms with Crippen LogP contribution >= 0.6 is 0 Å². The minimum atomic E-state index is 0.410. The average Bonchev–Trinajstić information content (AvgIpc) is 2.05. The van der Waals surface area contributed by atoms with Crippen LogP contribution in [0.15, 0.2) is 0 Å². The zero-order chi connectivity index (χ0) is 8.97. The molecule has 0 aromatic heterocycles. The summed E-state index contributed by atoms with van der Waals surface area (Å²) < 4.78 is 0. The molecule has 0 aromatic rings. The number of hydrogen-bond donors (Lipinski definition) is 1. The Morgan fingerprint density at radius 1 is 1.17 bits per heavy atom. The summed E-state index contributed by atoms with van der Waals surface area (Å²) in [5.41, 5.74) is 5.79. The van der Waals surface area contributed by atoms with Gasteiger partial charge in [-0.3, -0.25) is 0 Å². The van der Waals surface area contributed by atoms with E-state index in [1.165, 1.54) is 38.5 Å². The molecule has 1 nitrogen and oxygen atoms in total. The molecule has 0 spiro atoms. The Bertz CT molecular complexity index is 112. The Morgan fingerprint density at radius 2 is 1.67 bits per heavy atom. The quantitative estimate of drug-likeness (QED) is 0.690. The molecule has 2 N–H and O–H groups in total. The molecule has 0 radical (unpaired) electrons. The second-order valence-electron chi connectivity index (χ2n) is 4.51. The first-order valence-electron chi connectivity index (χ1n) is 5.48. The fourth-order valence-electron chi connectivity index (χ4n) is 2.40. The fourth-order valence-corrected chi connectivity index (χ4v) is 2.40. The van der Waals surface area contributed by atoms with Crippen molar-refractivity contribution < 1.29 is 0 Å². The summed E-state index contributed by atoms with van der Waals surface area (Å²) >= 11 is 0. The standard InChI is InChI=1S/C11H23N/c1-3-10-4-6-11(7-5-10)8-9(2)12/h9-11H,3-8,12H2,1-2H3. The van der Waals surface area contributed by atoms with Gasteiger partial charge >= 0.3 is 0 Å². The lowest BCUT2D eigenvalue weighted by Gasteiger charge is -2.28. The molecule has 0 saturated heterocycles. The second-order valence-corrected chi connectivity index (χ2v) is 4.51. The van der Waals surface area contributed by atoms with E-state index < -0.39 is 0 Å². The third-order valence-electron chi connectivity index (χ3n) is 3.25. The fraction of sp³-hybridized carbons (Fsp3) is 1.00. The molecule has 1 atom stereocenters. The lowest BCUT2D eigenvalue weighted by Crippen LogP contribution is -2.23. The van der Waals surface area contributed by atoms with Crippen LogP contribution in [0.3, 0.4) is 0 Å². The van der Waals surface area contributed by atoms with Gasteiger partial charge < -0.3 is 5.73 Å². The van der Waals surface area contributed by atoms with Gasteiger partial charge in [-0.1, -0.05) is 39.0 Å². The monoisotopic (exact) mass is 169 g/mol. The topological polar surface area (TPSA) is 26.0 Å². The molecule has 72 valence electrons. The predicted octanol–water partition coefficient (Wildman–Crippen LogP) is 2.94. The van der Waals surface area contributed by atoms with Crippen LogP contribution in [0.25, 0.3) is 0 Å². The van der Waals surface area contributed by atoms with Gasteiger partial charge in [0.1, 0.15) is 0 Å². The molecule has 0 bridgehead atoms. The van der Waals surface area contributed by atoms with Crippen molar-refractivity contribution in [3.63, 3.8) is 0 Å². The zero-order valence-corrected chi connectivity index (χ0v) is 8.55. The van der Waals surface area contributed by atoms with Crippen molar-refractivity contribution in [1.82, 2.24) is 0 Å². The van der Waals surface area contributed by atoms with Crippen molar-refractivity contribution in [2.75, 3.05) is 0 Å². The van der Waals surface area contributed by atoms with E-state index in [2.05, 4.69) is 13.8 Å². The van der Waals surface area contributed by atoms with Gasteiger partial charge in [0, 0.05) is 6.04 Å². The molecular formula is C11H23N. The van der Waals surface area contributed by atoms with E-state index in [-0.39, 0.29) is 0 Å². The van der Waals surface area contributed by atoms with Crippen LogP contribution in [-0.2, 0) is 0 Å². The van der Waals surface area contributed by atoms with Crippen molar-refractivity contribution in [1.29, 1.82) is 0 Å². The molecule has 12 heavy (non-hydrogen) atoms. The summed E-state index contributed by atoms with van der Waals surface area (Å²) in [4.78, 5) is 0. The SMILES string of the molecule is CCC1CCC(CC(C)N)CC1. The lowest BCUT2D eigenvalue weighted by atomic mass is 9.78. The van der Waals surface area contributed by atoms with Gasteiger partial charge in [0.25, 0.3) is 0 Å². The number of hydrogen-bond acceptors (Lipinski definition) is 1. The molecule has 1 saturated carbocycles. The smallest absolute Gasteiger partial charge is 0.00131 e. The summed E-state index contributed by atoms with van der Waals surface area (Å²) in [6.45, 7) is 4.45. The van der Waals surface area contributed by atoms with Crippen molar-refractivity contribution in [3.8, 4) is 0 Å². The van der Waals surface area contributed by atoms with E-state index in [1.54, 1.807) is 0 Å². The van der Waals surface area contributed by atoms with E-state index in [4.69, 9.17) is 5.73 Å². The normalized spacial score (nSPS) is 33.2. The van der Waals surface area contributed by atoms with Gasteiger partial charge in [-0.2, -0.15) is 0 Å². The molecule has 0 heterocycles. The molecule has 1 aliphatic carbocycles. The van der Waals surface area contributed by atoms with Crippen LogP contribution < -0.4 is 5.73 Å². The van der Waals surface area contributed by atoms with Crippen LogP contribution in [0.5, 0.6) is 0 Å². The van der Waals surface area contributed by atoms with Crippen molar-refractivity contribution in [2.45, 2.75) is 58.4 Å². The zero-order valence-electron chi connectivity index (χ0n) is 8.55. The third kappa shape index (κ3) is 3.14. The van der Waals surface area contributed by atoms with Gasteiger partial charge in [0.15, 0.2) is 0 Å². The summed E-state index contributed by atoms with van der Waals surface area (Å²) in [5.74, 6) is 1.96. The molecule has 1 heteroatoms. The molecule has 1 unspecified atom stereocenters. The molecule has 1 aliphatic rings. The van der Waals surface area contributed by atoms with Crippen LogP contribution in [-0.4, -0.2) is 6.04 Å². The first kappa shape index (κ1) is 10.0.